The number of nitrogens with one attached hydrogen (secondary N) is 1. The average molecular weight is 297 g/mol. The second-order valence-corrected chi connectivity index (χ2v) is 4.91. The molecule has 2 fully saturated rings. The fraction of sp³-hybridized carbons (Fsp3) is 0.385. The minimum absolute atomic E-state index is 0. The van der Waals surface area contributed by atoms with Crippen LogP contribution in [0.4, 0.5) is 10.5 Å². The molecule has 2 saturated heterocycles. The van der Waals surface area contributed by atoms with Crippen molar-refractivity contribution in [2.24, 2.45) is 0 Å². The number of anilines is 1. The van der Waals surface area contributed by atoms with E-state index in [-0.39, 0.29) is 30.4 Å². The summed E-state index contributed by atoms with van der Waals surface area (Å²) >= 11 is 0. The summed E-state index contributed by atoms with van der Waals surface area (Å²) in [4.78, 5) is 27.4. The third kappa shape index (κ3) is 2.51. The van der Waals surface area contributed by atoms with Crippen molar-refractivity contribution in [3.05, 3.63) is 29.8 Å². The number of amides is 3. The number of rotatable bonds is 1. The Bertz CT molecular complexity index is 537. The minimum atomic E-state index is -0.0268. The minimum Gasteiger partial charge on any atom is -0.399 e. The predicted molar refractivity (Wildman–Crippen MR) is 77.9 cm³/mol. The summed E-state index contributed by atoms with van der Waals surface area (Å²) in [6.45, 7) is 2.34. The van der Waals surface area contributed by atoms with E-state index in [0.717, 1.165) is 0 Å². The molecule has 1 atom stereocenters. The zero-order valence-corrected chi connectivity index (χ0v) is 11.7. The SMILES string of the molecule is Cl.Nc1cccc(C(=O)N2CCN3C(=O)NCC3C2)c1. The van der Waals surface area contributed by atoms with Gasteiger partial charge in [-0.25, -0.2) is 4.79 Å². The number of piperazine rings is 1. The van der Waals surface area contributed by atoms with Crippen molar-refractivity contribution in [1.82, 2.24) is 15.1 Å². The van der Waals surface area contributed by atoms with Crippen molar-refractivity contribution < 1.29 is 9.59 Å². The summed E-state index contributed by atoms with van der Waals surface area (Å²) in [6, 6.07) is 7.05. The maximum Gasteiger partial charge on any atom is 0.317 e. The molecule has 2 aliphatic heterocycles. The smallest absolute Gasteiger partial charge is 0.317 e. The zero-order chi connectivity index (χ0) is 13.4. The zero-order valence-electron chi connectivity index (χ0n) is 10.9. The molecule has 108 valence electrons. The van der Waals surface area contributed by atoms with E-state index in [2.05, 4.69) is 5.32 Å². The predicted octanol–water partition coefficient (Wildman–Crippen LogP) is 0.540. The van der Waals surface area contributed by atoms with Crippen molar-refractivity contribution in [2.45, 2.75) is 6.04 Å². The van der Waals surface area contributed by atoms with E-state index >= 15 is 0 Å². The van der Waals surface area contributed by atoms with Crippen LogP contribution in [0.25, 0.3) is 0 Å². The van der Waals surface area contributed by atoms with Crippen molar-refractivity contribution in [1.29, 1.82) is 0 Å². The molecule has 1 aromatic carbocycles. The number of hydrogen-bond acceptors (Lipinski definition) is 3. The van der Waals surface area contributed by atoms with Crippen LogP contribution in [-0.2, 0) is 0 Å². The van der Waals surface area contributed by atoms with Gasteiger partial charge in [0.05, 0.1) is 6.04 Å². The fourth-order valence-corrected chi connectivity index (χ4v) is 2.64. The van der Waals surface area contributed by atoms with Gasteiger partial charge in [-0.3, -0.25) is 4.79 Å². The van der Waals surface area contributed by atoms with Crippen LogP contribution in [0.2, 0.25) is 0 Å². The van der Waals surface area contributed by atoms with E-state index in [4.69, 9.17) is 5.73 Å². The maximum atomic E-state index is 12.4. The number of nitrogens with zero attached hydrogens (tertiary/aromatic N) is 2. The highest BCUT2D eigenvalue weighted by atomic mass is 35.5. The molecule has 1 aromatic rings. The van der Waals surface area contributed by atoms with Crippen LogP contribution in [0.1, 0.15) is 10.4 Å². The van der Waals surface area contributed by atoms with Crippen molar-refractivity contribution >= 4 is 30.0 Å². The monoisotopic (exact) mass is 296 g/mol. The van der Waals surface area contributed by atoms with Gasteiger partial charge in [0.25, 0.3) is 5.91 Å². The number of halogens is 1. The molecule has 2 heterocycles. The summed E-state index contributed by atoms with van der Waals surface area (Å²) in [5.74, 6) is -0.0219. The number of carbonyl (C=O) groups is 2. The number of carbonyl (C=O) groups excluding carboxylic acids is 2. The van der Waals surface area contributed by atoms with E-state index in [1.807, 2.05) is 0 Å². The van der Waals surface area contributed by atoms with Gasteiger partial charge in [0.15, 0.2) is 0 Å². The molecule has 3 rings (SSSR count). The number of fused-ring (bicyclic) bond motifs is 1. The summed E-state index contributed by atoms with van der Waals surface area (Å²) in [5.41, 5.74) is 6.88. The summed E-state index contributed by atoms with van der Waals surface area (Å²) in [6.07, 6.45) is 0. The molecular formula is C13H17ClN4O2. The Balaban J connectivity index is 0.00000147. The highest BCUT2D eigenvalue weighted by molar-refractivity contribution is 5.95. The standard InChI is InChI=1S/C13H16N4O2.ClH/c14-10-3-1-2-9(6-10)12(18)16-4-5-17-11(8-16)7-15-13(17)19;/h1-3,6,11H,4-5,7-8,14H2,(H,15,19);1H. The fourth-order valence-electron chi connectivity index (χ4n) is 2.64. The third-order valence-corrected chi connectivity index (χ3v) is 3.65. The lowest BCUT2D eigenvalue weighted by molar-refractivity contribution is 0.0617. The molecule has 0 radical (unpaired) electrons. The van der Waals surface area contributed by atoms with E-state index < -0.39 is 0 Å². The molecule has 0 spiro atoms. The Hall–Kier alpha value is -1.95. The summed E-state index contributed by atoms with van der Waals surface area (Å²) < 4.78 is 0. The molecule has 0 saturated carbocycles. The maximum absolute atomic E-state index is 12.4. The van der Waals surface area contributed by atoms with Crippen molar-refractivity contribution in [3.8, 4) is 0 Å². The molecular weight excluding hydrogens is 280 g/mol. The van der Waals surface area contributed by atoms with Gasteiger partial charge >= 0.3 is 6.03 Å². The van der Waals surface area contributed by atoms with Gasteiger partial charge in [0.1, 0.15) is 0 Å². The molecule has 0 aromatic heterocycles. The molecule has 6 nitrogen and oxygen atoms in total. The highest BCUT2D eigenvalue weighted by Gasteiger charge is 2.36. The topological polar surface area (TPSA) is 78.7 Å². The Kier molecular flexibility index (Phi) is 4.04. The van der Waals surface area contributed by atoms with E-state index in [9.17, 15) is 9.59 Å². The lowest BCUT2D eigenvalue weighted by Gasteiger charge is -2.36. The van der Waals surface area contributed by atoms with Crippen LogP contribution < -0.4 is 11.1 Å². The van der Waals surface area contributed by atoms with Crippen molar-refractivity contribution in [2.75, 3.05) is 31.9 Å². The van der Waals surface area contributed by atoms with Crippen molar-refractivity contribution in [3.63, 3.8) is 0 Å². The Morgan fingerprint density at radius 1 is 1.35 bits per heavy atom. The first kappa shape index (κ1) is 14.5. The van der Waals surface area contributed by atoms with Gasteiger partial charge < -0.3 is 20.9 Å². The first-order valence-electron chi connectivity index (χ1n) is 6.34. The first-order valence-corrected chi connectivity index (χ1v) is 6.34. The Morgan fingerprint density at radius 3 is 2.90 bits per heavy atom. The number of benzene rings is 1. The molecule has 20 heavy (non-hydrogen) atoms. The average Bonchev–Trinajstić information content (AvgIpc) is 2.79. The molecule has 0 aliphatic carbocycles. The number of nitrogen functional groups attached to an aromatic ring is 1. The van der Waals surface area contributed by atoms with Gasteiger partial charge in [-0.1, -0.05) is 6.07 Å². The second kappa shape index (κ2) is 5.58. The summed E-state index contributed by atoms with van der Waals surface area (Å²) in [5, 5.41) is 2.80. The quantitative estimate of drug-likeness (QED) is 0.743. The largest absolute Gasteiger partial charge is 0.399 e. The van der Waals surface area contributed by atoms with Crippen LogP contribution >= 0.6 is 12.4 Å². The van der Waals surface area contributed by atoms with Crippen LogP contribution in [0.5, 0.6) is 0 Å². The van der Waals surface area contributed by atoms with E-state index in [1.165, 1.54) is 0 Å². The second-order valence-electron chi connectivity index (χ2n) is 4.91. The van der Waals surface area contributed by atoms with E-state index in [1.54, 1.807) is 34.1 Å². The number of nitrogens with two attached hydrogens (primary N) is 1. The Morgan fingerprint density at radius 2 is 2.15 bits per heavy atom. The van der Waals surface area contributed by atoms with Gasteiger partial charge in [0, 0.05) is 37.4 Å². The molecule has 3 N–H and O–H groups in total. The van der Waals surface area contributed by atoms with Crippen LogP contribution in [-0.4, -0.2) is 54.0 Å². The van der Waals surface area contributed by atoms with E-state index in [0.29, 0.717) is 37.4 Å². The molecule has 7 heteroatoms. The van der Waals surface area contributed by atoms with Gasteiger partial charge in [-0.2, -0.15) is 0 Å². The molecule has 2 aliphatic rings. The van der Waals surface area contributed by atoms with Gasteiger partial charge in [-0.05, 0) is 18.2 Å². The van der Waals surface area contributed by atoms with Crippen LogP contribution in [0.15, 0.2) is 24.3 Å². The molecule has 1 unspecified atom stereocenters. The highest BCUT2D eigenvalue weighted by Crippen LogP contribution is 2.17. The van der Waals surface area contributed by atoms with Gasteiger partial charge in [-0.15, -0.1) is 12.4 Å². The lowest BCUT2D eigenvalue weighted by atomic mass is 10.1. The van der Waals surface area contributed by atoms with Crippen LogP contribution in [0.3, 0.4) is 0 Å². The normalized spacial score (nSPS) is 21.0. The lowest BCUT2D eigenvalue weighted by Crippen LogP contribution is -2.53. The molecule has 3 amide bonds. The first-order chi connectivity index (χ1) is 9.15. The summed E-state index contributed by atoms with van der Waals surface area (Å²) in [7, 11) is 0. The number of hydrogen-bond donors (Lipinski definition) is 2. The van der Waals surface area contributed by atoms with Gasteiger partial charge in [0.2, 0.25) is 0 Å². The third-order valence-electron chi connectivity index (χ3n) is 3.65. The molecule has 0 bridgehead atoms. The van der Waals surface area contributed by atoms with Crippen LogP contribution in [0, 0.1) is 0 Å². The Labute approximate surface area is 123 Å². The number of urea groups is 1.